The number of rotatable bonds is 3. The maximum absolute atomic E-state index is 6.34. The molecule has 0 aliphatic carbocycles. The van der Waals surface area contributed by atoms with E-state index in [1.165, 1.54) is 92.8 Å². The van der Waals surface area contributed by atoms with Crippen molar-refractivity contribution >= 4 is 235 Å². The fraction of sp³-hybridized carbons (Fsp3) is 0. The van der Waals surface area contributed by atoms with Crippen LogP contribution in [0.3, 0.4) is 0 Å². The van der Waals surface area contributed by atoms with Gasteiger partial charge in [0.25, 0.3) is 0 Å². The first-order valence-corrected chi connectivity index (χ1v) is 39.2. The molecule has 0 bridgehead atoms. The molecule has 0 radical (unpaired) electrons. The van der Waals surface area contributed by atoms with Crippen LogP contribution >= 0.6 is 0 Å². The normalized spacial score (nSPS) is 12.5. The Morgan fingerprint density at radius 1 is 0.181 bits per heavy atom. The zero-order valence-corrected chi connectivity index (χ0v) is 61.6. The van der Waals surface area contributed by atoms with Crippen molar-refractivity contribution in [1.82, 2.24) is 38.1 Å². The summed E-state index contributed by atoms with van der Waals surface area (Å²) in [6.45, 7) is 0. The molecule has 534 valence electrons. The van der Waals surface area contributed by atoms with Gasteiger partial charge in [0.15, 0.2) is 11.3 Å². The lowest BCUT2D eigenvalue weighted by atomic mass is 9.95. The molecular weight excluding hydrogens is 1420 g/mol. The molecule has 29 rings (SSSR count). The van der Waals surface area contributed by atoms with Crippen molar-refractivity contribution < 1.29 is 13.3 Å². The van der Waals surface area contributed by atoms with Crippen LogP contribution < -0.4 is 0 Å². The van der Waals surface area contributed by atoms with Crippen molar-refractivity contribution in [2.24, 2.45) is 0 Å². The molecule has 12 aromatic heterocycles. The third kappa shape index (κ3) is 8.66. The molecule has 116 heavy (non-hydrogen) atoms. The van der Waals surface area contributed by atoms with E-state index >= 15 is 0 Å². The van der Waals surface area contributed by atoms with Crippen molar-refractivity contribution in [3.63, 3.8) is 0 Å². The van der Waals surface area contributed by atoms with Gasteiger partial charge in [0, 0.05) is 91.6 Å². The molecule has 0 atom stereocenters. The third-order valence-corrected chi connectivity index (χ3v) is 24.6. The lowest BCUT2D eigenvalue weighted by molar-refractivity contribution is 0.669. The van der Waals surface area contributed by atoms with Gasteiger partial charge >= 0.3 is 0 Å². The van der Waals surface area contributed by atoms with E-state index in [4.69, 9.17) is 38.2 Å². The Kier molecular flexibility index (Phi) is 12.2. The second kappa shape index (κ2) is 22.9. The summed E-state index contributed by atoms with van der Waals surface area (Å²) in [6.07, 6.45) is 0. The Balaban J connectivity index is 0.0000000933. The molecule has 0 amide bonds. The van der Waals surface area contributed by atoms with Crippen LogP contribution in [0, 0.1) is 0 Å². The molecule has 0 N–H and O–H groups in total. The first kappa shape index (κ1) is 61.9. The average molecular weight is 1480 g/mol. The third-order valence-electron chi connectivity index (χ3n) is 24.6. The summed E-state index contributed by atoms with van der Waals surface area (Å²) in [7, 11) is 0. The molecule has 29 aromatic rings. The Morgan fingerprint density at radius 2 is 0.569 bits per heavy atom. The minimum atomic E-state index is 0.886. The lowest BCUT2D eigenvalue weighted by Gasteiger charge is -2.08. The molecule has 11 heteroatoms. The second-order valence-electron chi connectivity index (χ2n) is 30.9. The van der Waals surface area contributed by atoms with Gasteiger partial charge in [0.05, 0.1) is 60.7 Å². The highest BCUT2D eigenvalue weighted by Gasteiger charge is 2.28. The van der Waals surface area contributed by atoms with Crippen LogP contribution in [-0.4, -0.2) is 38.1 Å². The van der Waals surface area contributed by atoms with E-state index in [9.17, 15) is 0 Å². The Morgan fingerprint density at radius 3 is 1.11 bits per heavy atom. The largest absolute Gasteiger partial charge is 0.456 e. The minimum Gasteiger partial charge on any atom is -0.456 e. The maximum atomic E-state index is 6.34. The van der Waals surface area contributed by atoms with Gasteiger partial charge in [0.1, 0.15) is 50.2 Å². The Labute approximate surface area is 655 Å². The topological polar surface area (TPSA) is 117 Å². The van der Waals surface area contributed by atoms with Gasteiger partial charge in [0.2, 0.25) is 0 Å². The highest BCUT2D eigenvalue weighted by atomic mass is 16.3. The number of hydrogen-bond acceptors (Lipinski definition) is 8. The van der Waals surface area contributed by atoms with Gasteiger partial charge in [-0.2, -0.15) is 0 Å². The number of fused-ring (bicyclic) bond motifs is 32. The molecular formula is C105H56N8O3. The summed E-state index contributed by atoms with van der Waals surface area (Å²) in [4.78, 5) is 25.8. The number of nitrogens with zero attached hydrogens (tertiary/aromatic N) is 8. The van der Waals surface area contributed by atoms with Gasteiger partial charge in [-0.25, -0.2) is 24.9 Å². The Bertz CT molecular complexity index is 9320. The summed E-state index contributed by atoms with van der Waals surface area (Å²) in [5.74, 6) is 0. The van der Waals surface area contributed by atoms with Crippen LogP contribution in [0.25, 0.3) is 269 Å². The van der Waals surface area contributed by atoms with Crippen molar-refractivity contribution in [2.75, 3.05) is 0 Å². The molecule has 17 aromatic carbocycles. The molecule has 12 heterocycles. The van der Waals surface area contributed by atoms with E-state index in [1.807, 2.05) is 84.9 Å². The van der Waals surface area contributed by atoms with Crippen molar-refractivity contribution in [1.29, 1.82) is 0 Å². The molecule has 0 saturated carbocycles. The van der Waals surface area contributed by atoms with Crippen molar-refractivity contribution in [3.8, 4) is 33.4 Å². The molecule has 0 saturated heterocycles. The van der Waals surface area contributed by atoms with E-state index in [1.54, 1.807) is 0 Å². The Hall–Kier alpha value is -15.9. The zero-order chi connectivity index (χ0) is 75.3. The standard InChI is InChI=1S/C37H20N2O.C36H19N3O.C32H17N3O/c1-3-11-24-21(8-1)10-7-13-25(24)23-17-29-27-20-35-28(26-12-4-6-15-34(26)40-35)19-33(27)39-36(29)30(18-23)31-16-22-9-2-5-14-32(22)38-37(31)39;1-2-8-21-15-22(14-13-20(21)7-1)23-16-27-25-19-33-26(24-9-3-6-12-32(24)40-33)18-31(25)39-35(27)28(17-23)34-36(39)38-30-11-5-4-10-29(30)37-34;1-2-8-18(9-3-1)19-14-23-21-17-29-22(20-10-4-7-13-28(20)36-29)16-27(21)35-31(23)24(15-19)30-32(35)34-26-12-6-5-11-25(26)33-30/h1-20H;1-19H;1-17H. The second-order valence-corrected chi connectivity index (χ2v) is 30.9. The first-order valence-electron chi connectivity index (χ1n) is 39.2. The van der Waals surface area contributed by atoms with Crippen LogP contribution in [0.5, 0.6) is 0 Å². The van der Waals surface area contributed by atoms with Crippen molar-refractivity contribution in [2.45, 2.75) is 0 Å². The maximum Gasteiger partial charge on any atom is 0.165 e. The number of benzene rings is 17. The van der Waals surface area contributed by atoms with Crippen LogP contribution in [0.2, 0.25) is 0 Å². The van der Waals surface area contributed by atoms with E-state index < -0.39 is 0 Å². The van der Waals surface area contributed by atoms with E-state index in [0.717, 1.165) is 176 Å². The molecule has 0 unspecified atom stereocenters. The molecule has 11 nitrogen and oxygen atoms in total. The molecule has 0 spiro atoms. The summed E-state index contributed by atoms with van der Waals surface area (Å²) < 4.78 is 25.9. The SMILES string of the molecule is c1ccc(-c2cc3c4cc5oc6ccccc6c5cc4n4c5nc6ccccc6nc5c(c2)c34)cc1.c1ccc2cc(-c3cc4c5cc6oc7ccccc7c6cc5n5c6nc7ccccc7nc6c(c3)c45)ccc2c1.c1ccc2nc3c(cc2c1)c1cc(-c2cccc4ccccc24)cc2c4cc5oc6ccccc6c5cc4n3c21. The summed E-state index contributed by atoms with van der Waals surface area (Å²) in [6, 6.07) is 120. The van der Waals surface area contributed by atoms with Crippen LogP contribution in [0.4, 0.5) is 0 Å². The highest BCUT2D eigenvalue weighted by Crippen LogP contribution is 2.49. The van der Waals surface area contributed by atoms with Gasteiger partial charge in [-0.3, -0.25) is 13.2 Å². The van der Waals surface area contributed by atoms with Gasteiger partial charge in [-0.05, 0) is 188 Å². The summed E-state index contributed by atoms with van der Waals surface area (Å²) in [5.41, 5.74) is 28.8. The zero-order valence-electron chi connectivity index (χ0n) is 61.6. The fourth-order valence-corrected chi connectivity index (χ4v) is 19.4. The van der Waals surface area contributed by atoms with Crippen LogP contribution in [0.15, 0.2) is 353 Å². The number of para-hydroxylation sites is 8. The fourth-order valence-electron chi connectivity index (χ4n) is 19.4. The number of hydrogen-bond donors (Lipinski definition) is 0. The smallest absolute Gasteiger partial charge is 0.165 e. The van der Waals surface area contributed by atoms with Crippen LogP contribution in [-0.2, 0) is 0 Å². The van der Waals surface area contributed by atoms with Crippen LogP contribution in [0.1, 0.15) is 0 Å². The van der Waals surface area contributed by atoms with E-state index in [2.05, 4.69) is 268 Å². The first-order chi connectivity index (χ1) is 57.4. The molecule has 0 fully saturated rings. The molecule has 0 aliphatic heterocycles. The van der Waals surface area contributed by atoms with Gasteiger partial charge in [-0.1, -0.05) is 206 Å². The highest BCUT2D eigenvalue weighted by molar-refractivity contribution is 6.30. The van der Waals surface area contributed by atoms with Gasteiger partial charge in [-0.15, -0.1) is 0 Å². The minimum absolute atomic E-state index is 0.886. The van der Waals surface area contributed by atoms with E-state index in [-0.39, 0.29) is 0 Å². The monoisotopic (exact) mass is 1480 g/mol. The summed E-state index contributed by atoms with van der Waals surface area (Å²) in [5, 5.41) is 24.6. The number of pyridine rings is 1. The molecule has 0 aliphatic rings. The average Bonchev–Trinajstić information content (AvgIpc) is 1.54. The quantitative estimate of drug-likeness (QED) is 0.172. The lowest BCUT2D eigenvalue weighted by Crippen LogP contribution is -1.88. The van der Waals surface area contributed by atoms with E-state index in [0.29, 0.717) is 0 Å². The predicted octanol–water partition coefficient (Wildman–Crippen LogP) is 28.0. The number of furan rings is 3. The predicted molar refractivity (Wildman–Crippen MR) is 478 cm³/mol. The summed E-state index contributed by atoms with van der Waals surface area (Å²) >= 11 is 0. The van der Waals surface area contributed by atoms with Crippen molar-refractivity contribution in [3.05, 3.63) is 340 Å². The van der Waals surface area contributed by atoms with Gasteiger partial charge < -0.3 is 13.3 Å². The number of aromatic nitrogens is 8.